The van der Waals surface area contributed by atoms with Crippen molar-refractivity contribution in [3.8, 4) is 5.88 Å². The number of hydrogen-bond acceptors (Lipinski definition) is 5. The number of pyridine rings is 1. The zero-order valence-electron chi connectivity index (χ0n) is 10.6. The zero-order valence-corrected chi connectivity index (χ0v) is 10.6. The van der Waals surface area contributed by atoms with E-state index in [0.29, 0.717) is 19.0 Å². The minimum absolute atomic E-state index is 0.0607. The van der Waals surface area contributed by atoms with Crippen LogP contribution in [0.4, 0.5) is 0 Å². The van der Waals surface area contributed by atoms with E-state index in [4.69, 9.17) is 14.2 Å². The molecule has 0 aliphatic heterocycles. The van der Waals surface area contributed by atoms with Crippen LogP contribution in [0.1, 0.15) is 5.69 Å². The van der Waals surface area contributed by atoms with E-state index in [2.05, 4.69) is 10.3 Å². The van der Waals surface area contributed by atoms with Gasteiger partial charge in [0.25, 0.3) is 0 Å². The molecule has 0 aromatic carbocycles. The van der Waals surface area contributed by atoms with Gasteiger partial charge in [-0.2, -0.15) is 0 Å². The number of hydrogen-bond donors (Lipinski definition) is 1. The molecule has 1 aromatic rings. The predicted molar refractivity (Wildman–Crippen MR) is 65.2 cm³/mol. The minimum atomic E-state index is 0.0607. The van der Waals surface area contributed by atoms with Crippen LogP contribution in [0.25, 0.3) is 0 Å². The van der Waals surface area contributed by atoms with Crippen molar-refractivity contribution in [2.24, 2.45) is 0 Å². The summed E-state index contributed by atoms with van der Waals surface area (Å²) in [7, 11) is 4.95. The second kappa shape index (κ2) is 8.00. The van der Waals surface area contributed by atoms with Crippen molar-refractivity contribution in [3.63, 3.8) is 0 Å². The first kappa shape index (κ1) is 13.9. The van der Waals surface area contributed by atoms with Gasteiger partial charge in [0.15, 0.2) is 0 Å². The molecule has 17 heavy (non-hydrogen) atoms. The van der Waals surface area contributed by atoms with E-state index in [-0.39, 0.29) is 6.10 Å². The molecule has 0 saturated heterocycles. The van der Waals surface area contributed by atoms with E-state index in [1.165, 1.54) is 0 Å². The second-order valence-corrected chi connectivity index (χ2v) is 3.62. The standard InChI is InChI=1S/C12H20N2O3/c1-15-9-11(16-2)8-13-7-10-5-4-6-12(14-10)17-3/h4-6,11,13H,7-9H2,1-3H3. The Hall–Kier alpha value is -1.17. The Bertz CT molecular complexity index is 320. The maximum Gasteiger partial charge on any atom is 0.213 e. The molecule has 1 unspecified atom stereocenters. The summed E-state index contributed by atoms with van der Waals surface area (Å²) in [4.78, 5) is 4.30. The second-order valence-electron chi connectivity index (χ2n) is 3.62. The highest BCUT2D eigenvalue weighted by atomic mass is 16.5. The first-order valence-electron chi connectivity index (χ1n) is 5.52. The van der Waals surface area contributed by atoms with Crippen molar-refractivity contribution in [2.45, 2.75) is 12.6 Å². The molecule has 1 atom stereocenters. The lowest BCUT2D eigenvalue weighted by molar-refractivity contribution is 0.0287. The molecule has 0 bridgehead atoms. The average Bonchev–Trinajstić information content (AvgIpc) is 2.38. The van der Waals surface area contributed by atoms with Gasteiger partial charge < -0.3 is 19.5 Å². The number of rotatable bonds is 8. The molecule has 0 radical (unpaired) electrons. The smallest absolute Gasteiger partial charge is 0.213 e. The van der Waals surface area contributed by atoms with Gasteiger partial charge in [0.05, 0.1) is 25.5 Å². The highest BCUT2D eigenvalue weighted by Crippen LogP contribution is 2.06. The summed E-state index contributed by atoms with van der Waals surface area (Å²) in [5, 5.41) is 3.27. The van der Waals surface area contributed by atoms with Crippen molar-refractivity contribution in [2.75, 3.05) is 34.5 Å². The molecule has 0 saturated carbocycles. The number of aromatic nitrogens is 1. The SMILES string of the molecule is COCC(CNCc1cccc(OC)n1)OC. The van der Waals surface area contributed by atoms with Gasteiger partial charge in [-0.05, 0) is 6.07 Å². The number of nitrogens with zero attached hydrogens (tertiary/aromatic N) is 1. The molecule has 1 heterocycles. The first-order valence-corrected chi connectivity index (χ1v) is 5.52. The highest BCUT2D eigenvalue weighted by Gasteiger charge is 2.06. The Labute approximate surface area is 102 Å². The molecule has 1 aromatic heterocycles. The molecular weight excluding hydrogens is 220 g/mol. The molecule has 1 rings (SSSR count). The molecule has 0 aliphatic carbocycles. The Kier molecular flexibility index (Phi) is 6.54. The fourth-order valence-electron chi connectivity index (χ4n) is 1.43. The van der Waals surface area contributed by atoms with E-state index >= 15 is 0 Å². The first-order chi connectivity index (χ1) is 8.30. The summed E-state index contributed by atoms with van der Waals surface area (Å²) in [5.74, 6) is 0.629. The van der Waals surface area contributed by atoms with Crippen molar-refractivity contribution < 1.29 is 14.2 Å². The van der Waals surface area contributed by atoms with E-state index in [1.54, 1.807) is 21.3 Å². The van der Waals surface area contributed by atoms with Gasteiger partial charge in [0, 0.05) is 33.4 Å². The lowest BCUT2D eigenvalue weighted by Gasteiger charge is -2.14. The zero-order chi connectivity index (χ0) is 12.5. The molecule has 0 aliphatic rings. The molecule has 0 spiro atoms. The third kappa shape index (κ3) is 5.12. The Morgan fingerprint density at radius 2 is 2.12 bits per heavy atom. The van der Waals surface area contributed by atoms with Crippen LogP contribution >= 0.6 is 0 Å². The van der Waals surface area contributed by atoms with Crippen molar-refractivity contribution in [1.29, 1.82) is 0 Å². The van der Waals surface area contributed by atoms with Gasteiger partial charge >= 0.3 is 0 Å². The van der Waals surface area contributed by atoms with Crippen LogP contribution < -0.4 is 10.1 Å². The molecule has 1 N–H and O–H groups in total. The summed E-state index contributed by atoms with van der Waals surface area (Å²) in [5.41, 5.74) is 0.941. The van der Waals surface area contributed by atoms with Gasteiger partial charge in [0.2, 0.25) is 5.88 Å². The quantitative estimate of drug-likeness (QED) is 0.730. The van der Waals surface area contributed by atoms with Crippen molar-refractivity contribution >= 4 is 0 Å². The maximum absolute atomic E-state index is 5.24. The number of methoxy groups -OCH3 is 3. The van der Waals surface area contributed by atoms with Gasteiger partial charge in [-0.15, -0.1) is 0 Å². The predicted octanol–water partition coefficient (Wildman–Crippen LogP) is 0.841. The van der Waals surface area contributed by atoms with Crippen LogP contribution in [0.5, 0.6) is 5.88 Å². The summed E-state index contributed by atoms with van der Waals surface area (Å²) >= 11 is 0. The monoisotopic (exact) mass is 240 g/mol. The molecular formula is C12H20N2O3. The summed E-state index contributed by atoms with van der Waals surface area (Å²) in [6.07, 6.45) is 0.0607. The van der Waals surface area contributed by atoms with E-state index < -0.39 is 0 Å². The molecule has 96 valence electrons. The maximum atomic E-state index is 5.24. The van der Waals surface area contributed by atoms with E-state index in [0.717, 1.165) is 12.2 Å². The fourth-order valence-corrected chi connectivity index (χ4v) is 1.43. The summed E-state index contributed by atoms with van der Waals surface area (Å²) < 4.78 is 15.3. The van der Waals surface area contributed by atoms with Gasteiger partial charge in [-0.25, -0.2) is 4.98 Å². The van der Waals surface area contributed by atoms with Crippen LogP contribution in [0.2, 0.25) is 0 Å². The average molecular weight is 240 g/mol. The molecule has 5 heteroatoms. The number of nitrogens with one attached hydrogen (secondary N) is 1. The topological polar surface area (TPSA) is 52.6 Å². The van der Waals surface area contributed by atoms with Crippen molar-refractivity contribution in [1.82, 2.24) is 10.3 Å². The summed E-state index contributed by atoms with van der Waals surface area (Å²) in [6.45, 7) is 1.99. The van der Waals surface area contributed by atoms with E-state index in [1.807, 2.05) is 18.2 Å². The largest absolute Gasteiger partial charge is 0.481 e. The van der Waals surface area contributed by atoms with Gasteiger partial charge in [0.1, 0.15) is 0 Å². The van der Waals surface area contributed by atoms with Crippen LogP contribution in [-0.2, 0) is 16.0 Å². The van der Waals surface area contributed by atoms with Gasteiger partial charge in [-0.3, -0.25) is 0 Å². The third-order valence-electron chi connectivity index (χ3n) is 2.35. The van der Waals surface area contributed by atoms with Crippen LogP contribution in [-0.4, -0.2) is 45.6 Å². The molecule has 0 amide bonds. The van der Waals surface area contributed by atoms with Crippen LogP contribution in [0.15, 0.2) is 18.2 Å². The van der Waals surface area contributed by atoms with Gasteiger partial charge in [-0.1, -0.05) is 6.07 Å². The van der Waals surface area contributed by atoms with Crippen LogP contribution in [0, 0.1) is 0 Å². The van der Waals surface area contributed by atoms with Crippen LogP contribution in [0.3, 0.4) is 0 Å². The highest BCUT2D eigenvalue weighted by molar-refractivity contribution is 5.15. The Morgan fingerprint density at radius 1 is 1.29 bits per heavy atom. The normalized spacial score (nSPS) is 12.4. The lowest BCUT2D eigenvalue weighted by atomic mass is 10.3. The summed E-state index contributed by atoms with van der Waals surface area (Å²) in [6, 6.07) is 5.70. The fraction of sp³-hybridized carbons (Fsp3) is 0.583. The number of ether oxygens (including phenoxy) is 3. The van der Waals surface area contributed by atoms with Crippen molar-refractivity contribution in [3.05, 3.63) is 23.9 Å². The third-order valence-corrected chi connectivity index (χ3v) is 2.35. The lowest BCUT2D eigenvalue weighted by Crippen LogP contribution is -2.31. The minimum Gasteiger partial charge on any atom is -0.481 e. The molecule has 5 nitrogen and oxygen atoms in total. The Balaban J connectivity index is 2.34. The molecule has 0 fully saturated rings. The van der Waals surface area contributed by atoms with E-state index in [9.17, 15) is 0 Å². The Morgan fingerprint density at radius 3 is 2.76 bits per heavy atom.